The number of benzene rings is 1. The van der Waals surface area contributed by atoms with Crippen molar-refractivity contribution in [2.75, 3.05) is 13.1 Å². The molecule has 1 aromatic carbocycles. The molecule has 0 aromatic heterocycles. The number of carbonyl (C=O) groups excluding carboxylic acids is 1. The Balaban J connectivity index is 1.29. The van der Waals surface area contributed by atoms with Crippen molar-refractivity contribution in [1.82, 2.24) is 4.90 Å². The normalized spacial score (nSPS) is 32.5. The van der Waals surface area contributed by atoms with Gasteiger partial charge in [0.05, 0.1) is 0 Å². The maximum Gasteiger partial charge on any atom is 0.225 e. The minimum Gasteiger partial charge on any atom is -0.342 e. The summed E-state index contributed by atoms with van der Waals surface area (Å²) >= 11 is 7.89. The number of nitrogens with zero attached hydrogens (tertiary/aromatic N) is 1. The van der Waals surface area contributed by atoms with Crippen LogP contribution >= 0.6 is 23.4 Å². The van der Waals surface area contributed by atoms with E-state index in [4.69, 9.17) is 17.3 Å². The van der Waals surface area contributed by atoms with Gasteiger partial charge in [0.25, 0.3) is 0 Å². The lowest BCUT2D eigenvalue weighted by Crippen LogP contribution is -2.50. The van der Waals surface area contributed by atoms with E-state index in [1.165, 1.54) is 24.2 Å². The van der Waals surface area contributed by atoms with Crippen LogP contribution in [-0.2, 0) is 4.79 Å². The molecule has 2 atom stereocenters. The molecule has 2 aliphatic carbocycles. The third-order valence-corrected chi connectivity index (χ3v) is 8.23. The number of piperidine rings is 1. The van der Waals surface area contributed by atoms with Crippen molar-refractivity contribution in [3.05, 3.63) is 29.3 Å². The molecule has 1 aromatic rings. The van der Waals surface area contributed by atoms with Gasteiger partial charge in [-0.25, -0.2) is 0 Å². The van der Waals surface area contributed by atoms with Crippen LogP contribution in [-0.4, -0.2) is 35.2 Å². The Labute approximate surface area is 166 Å². The van der Waals surface area contributed by atoms with E-state index in [1.54, 1.807) is 0 Å². The van der Waals surface area contributed by atoms with Gasteiger partial charge in [0, 0.05) is 40.2 Å². The fourth-order valence-electron chi connectivity index (χ4n) is 5.15. The van der Waals surface area contributed by atoms with E-state index in [2.05, 4.69) is 17.0 Å². The van der Waals surface area contributed by atoms with Gasteiger partial charge in [-0.3, -0.25) is 4.79 Å². The van der Waals surface area contributed by atoms with Crippen LogP contribution in [0.15, 0.2) is 29.2 Å². The van der Waals surface area contributed by atoms with Crippen LogP contribution in [0, 0.1) is 17.8 Å². The van der Waals surface area contributed by atoms with Crippen molar-refractivity contribution in [1.29, 1.82) is 0 Å². The maximum absolute atomic E-state index is 13.1. The Hall–Kier alpha value is -0.710. The summed E-state index contributed by atoms with van der Waals surface area (Å²) < 4.78 is 0. The van der Waals surface area contributed by atoms with Crippen molar-refractivity contribution < 1.29 is 4.79 Å². The third kappa shape index (κ3) is 4.07. The number of nitrogens with two attached hydrogens (primary N) is 1. The first kappa shape index (κ1) is 18.6. The van der Waals surface area contributed by atoms with E-state index in [1.807, 2.05) is 23.9 Å². The molecular weight excluding hydrogens is 364 g/mol. The van der Waals surface area contributed by atoms with E-state index < -0.39 is 0 Å². The van der Waals surface area contributed by atoms with Crippen LogP contribution in [0.2, 0.25) is 5.02 Å². The Kier molecular flexibility index (Phi) is 5.82. The summed E-state index contributed by atoms with van der Waals surface area (Å²) in [5, 5.41) is 1.38. The van der Waals surface area contributed by atoms with E-state index in [9.17, 15) is 4.79 Å². The Bertz CT molecular complexity index is 615. The Morgan fingerprint density at radius 3 is 2.27 bits per heavy atom. The minimum atomic E-state index is 0.227. The van der Waals surface area contributed by atoms with Gasteiger partial charge in [-0.2, -0.15) is 0 Å². The van der Waals surface area contributed by atoms with E-state index in [-0.39, 0.29) is 5.92 Å². The molecule has 3 aliphatic rings. The van der Waals surface area contributed by atoms with Crippen molar-refractivity contribution in [3.63, 3.8) is 0 Å². The van der Waals surface area contributed by atoms with E-state index >= 15 is 0 Å². The summed E-state index contributed by atoms with van der Waals surface area (Å²) in [4.78, 5) is 16.5. The minimum absolute atomic E-state index is 0.227. The van der Waals surface area contributed by atoms with Crippen LogP contribution in [0.25, 0.3) is 0 Å². The number of halogens is 1. The summed E-state index contributed by atoms with van der Waals surface area (Å²) in [6.07, 6.45) is 7.96. The molecule has 1 aliphatic heterocycles. The number of thioether (sulfide) groups is 1. The maximum atomic E-state index is 13.1. The lowest BCUT2D eigenvalue weighted by molar-refractivity contribution is -0.139. The molecule has 4 rings (SSSR count). The van der Waals surface area contributed by atoms with Crippen LogP contribution < -0.4 is 5.73 Å². The zero-order valence-corrected chi connectivity index (χ0v) is 16.9. The number of carbonyl (C=O) groups is 1. The second-order valence-electron chi connectivity index (χ2n) is 8.29. The molecule has 26 heavy (non-hydrogen) atoms. The van der Waals surface area contributed by atoms with Gasteiger partial charge in [0.15, 0.2) is 0 Å². The number of amides is 1. The van der Waals surface area contributed by atoms with Gasteiger partial charge in [0.1, 0.15) is 0 Å². The SMILES string of the molecule is NC1C2CCCC1CC(C(=O)N1CCC(Sc3ccc(Cl)cc3)CC1)C2. The predicted octanol–water partition coefficient (Wildman–Crippen LogP) is 4.58. The van der Waals surface area contributed by atoms with Gasteiger partial charge >= 0.3 is 0 Å². The van der Waals surface area contributed by atoms with Crippen LogP contribution in [0.4, 0.5) is 0 Å². The number of rotatable bonds is 3. The highest BCUT2D eigenvalue weighted by atomic mass is 35.5. The highest BCUT2D eigenvalue weighted by Crippen LogP contribution is 2.43. The summed E-state index contributed by atoms with van der Waals surface area (Å²) in [5.41, 5.74) is 6.39. The van der Waals surface area contributed by atoms with E-state index in [0.29, 0.717) is 29.0 Å². The summed E-state index contributed by atoms with van der Waals surface area (Å²) in [6.45, 7) is 1.81. The fraction of sp³-hybridized carbons (Fsp3) is 0.667. The van der Waals surface area contributed by atoms with E-state index in [0.717, 1.165) is 43.8 Å². The van der Waals surface area contributed by atoms with Gasteiger partial charge in [0.2, 0.25) is 5.91 Å². The molecule has 3 fully saturated rings. The molecule has 2 unspecified atom stereocenters. The number of likely N-dealkylation sites (tertiary alicyclic amines) is 1. The molecule has 3 nitrogen and oxygen atoms in total. The molecule has 1 amide bonds. The van der Waals surface area contributed by atoms with Gasteiger partial charge in [-0.1, -0.05) is 18.0 Å². The number of hydrogen-bond acceptors (Lipinski definition) is 3. The fourth-order valence-corrected chi connectivity index (χ4v) is 6.40. The first-order valence-electron chi connectivity index (χ1n) is 10.1. The molecule has 0 spiro atoms. The second-order valence-corrected chi connectivity index (χ2v) is 10.1. The standard InChI is InChI=1S/C21H29ClN2OS/c22-17-4-6-18(7-5-17)26-19-8-10-24(11-9-19)21(25)16-12-14-2-1-3-15(13-16)20(14)23/h4-7,14-16,19-20H,1-3,8-13,23H2. The summed E-state index contributed by atoms with van der Waals surface area (Å²) in [7, 11) is 0. The number of hydrogen-bond donors (Lipinski definition) is 1. The molecule has 2 bridgehead atoms. The molecule has 5 heteroatoms. The highest BCUT2D eigenvalue weighted by Gasteiger charge is 2.42. The van der Waals surface area contributed by atoms with Crippen LogP contribution in [0.5, 0.6) is 0 Å². The Morgan fingerprint density at radius 1 is 1.04 bits per heavy atom. The molecular formula is C21H29ClN2OS. The summed E-state index contributed by atoms with van der Waals surface area (Å²) in [5.74, 6) is 1.79. The quantitative estimate of drug-likeness (QED) is 0.819. The monoisotopic (exact) mass is 392 g/mol. The molecule has 1 saturated heterocycles. The number of fused-ring (bicyclic) bond motifs is 2. The lowest BCUT2D eigenvalue weighted by atomic mass is 9.65. The zero-order valence-electron chi connectivity index (χ0n) is 15.3. The van der Waals surface area contributed by atoms with Crippen LogP contribution in [0.1, 0.15) is 44.9 Å². The van der Waals surface area contributed by atoms with Gasteiger partial charge in [-0.15, -0.1) is 11.8 Å². The smallest absolute Gasteiger partial charge is 0.225 e. The molecule has 1 heterocycles. The summed E-state index contributed by atoms with van der Waals surface area (Å²) in [6, 6.07) is 8.43. The molecule has 2 saturated carbocycles. The molecule has 2 N–H and O–H groups in total. The Morgan fingerprint density at radius 2 is 1.65 bits per heavy atom. The van der Waals surface area contributed by atoms with Gasteiger partial charge < -0.3 is 10.6 Å². The van der Waals surface area contributed by atoms with Crippen molar-refractivity contribution >= 4 is 29.3 Å². The zero-order chi connectivity index (χ0) is 18.1. The third-order valence-electron chi connectivity index (χ3n) is 6.63. The average molecular weight is 393 g/mol. The first-order valence-corrected chi connectivity index (χ1v) is 11.3. The lowest BCUT2D eigenvalue weighted by Gasteiger charge is -2.45. The second kappa shape index (κ2) is 8.12. The van der Waals surface area contributed by atoms with Crippen molar-refractivity contribution in [2.24, 2.45) is 23.5 Å². The average Bonchev–Trinajstić information content (AvgIpc) is 2.63. The largest absolute Gasteiger partial charge is 0.342 e. The first-order chi connectivity index (χ1) is 12.6. The van der Waals surface area contributed by atoms with Crippen molar-refractivity contribution in [2.45, 2.75) is 61.1 Å². The predicted molar refractivity (Wildman–Crippen MR) is 108 cm³/mol. The van der Waals surface area contributed by atoms with Crippen molar-refractivity contribution in [3.8, 4) is 0 Å². The van der Waals surface area contributed by atoms with Gasteiger partial charge in [-0.05, 0) is 74.6 Å². The highest BCUT2D eigenvalue weighted by molar-refractivity contribution is 8.00. The molecule has 142 valence electrons. The topological polar surface area (TPSA) is 46.3 Å². The van der Waals surface area contributed by atoms with Crippen LogP contribution in [0.3, 0.4) is 0 Å². The molecule has 0 radical (unpaired) electrons.